The van der Waals surface area contributed by atoms with Gasteiger partial charge in [0.2, 0.25) is 0 Å². The van der Waals surface area contributed by atoms with E-state index < -0.39 is 0 Å². The van der Waals surface area contributed by atoms with E-state index in [-0.39, 0.29) is 16.7 Å². The summed E-state index contributed by atoms with van der Waals surface area (Å²) in [4.78, 5) is 12.4. The SMILES string of the molecule is CC(C)CC(C)(CC(C)(C)C)C(=O)C(C)C. The van der Waals surface area contributed by atoms with Crippen molar-refractivity contribution in [1.82, 2.24) is 0 Å². The number of hydrogen-bond acceptors (Lipinski definition) is 1. The quantitative estimate of drug-likeness (QED) is 0.664. The summed E-state index contributed by atoms with van der Waals surface area (Å²) in [5, 5.41) is 0. The molecule has 0 amide bonds. The van der Waals surface area contributed by atoms with E-state index in [9.17, 15) is 4.79 Å². The van der Waals surface area contributed by atoms with Crippen LogP contribution in [0.3, 0.4) is 0 Å². The Kier molecular flexibility index (Phi) is 5.22. The second-order valence-corrected chi connectivity index (χ2v) is 7.42. The first kappa shape index (κ1) is 15.7. The van der Waals surface area contributed by atoms with Gasteiger partial charge in [0.1, 0.15) is 5.78 Å². The molecule has 1 nitrogen and oxygen atoms in total. The van der Waals surface area contributed by atoms with E-state index in [1.807, 2.05) is 13.8 Å². The van der Waals surface area contributed by atoms with Gasteiger partial charge in [-0.25, -0.2) is 0 Å². The fourth-order valence-electron chi connectivity index (χ4n) is 3.03. The summed E-state index contributed by atoms with van der Waals surface area (Å²) in [5.41, 5.74) is 0.0643. The third kappa shape index (κ3) is 5.14. The van der Waals surface area contributed by atoms with E-state index in [0.717, 1.165) is 12.8 Å². The summed E-state index contributed by atoms with van der Waals surface area (Å²) in [6.07, 6.45) is 1.98. The Bertz CT molecular complexity index is 232. The van der Waals surface area contributed by atoms with Crippen LogP contribution in [0, 0.1) is 22.7 Å². The predicted octanol–water partition coefficient (Wildman–Crippen LogP) is 4.70. The minimum Gasteiger partial charge on any atom is -0.299 e. The van der Waals surface area contributed by atoms with Crippen LogP contribution in [0.1, 0.15) is 68.2 Å². The van der Waals surface area contributed by atoms with Gasteiger partial charge < -0.3 is 0 Å². The summed E-state index contributed by atoms with van der Waals surface area (Å²) >= 11 is 0. The van der Waals surface area contributed by atoms with Crippen LogP contribution in [-0.4, -0.2) is 5.78 Å². The van der Waals surface area contributed by atoms with Gasteiger partial charge in [-0.1, -0.05) is 55.4 Å². The Morgan fingerprint density at radius 3 is 1.69 bits per heavy atom. The zero-order chi connectivity index (χ0) is 13.1. The largest absolute Gasteiger partial charge is 0.299 e. The molecule has 0 heterocycles. The third-order valence-electron chi connectivity index (χ3n) is 2.90. The van der Waals surface area contributed by atoms with Crippen molar-refractivity contribution in [2.75, 3.05) is 0 Å². The fraction of sp³-hybridized carbons (Fsp3) is 0.933. The maximum Gasteiger partial charge on any atom is 0.141 e. The summed E-state index contributed by atoms with van der Waals surface area (Å²) in [5.74, 6) is 1.15. The Morgan fingerprint density at radius 2 is 1.44 bits per heavy atom. The Balaban J connectivity index is 4.96. The summed E-state index contributed by atoms with van der Waals surface area (Å²) < 4.78 is 0. The number of Topliss-reactive ketones (excluding diaryl/α,β-unsaturated/α-hetero) is 1. The van der Waals surface area contributed by atoms with Crippen molar-refractivity contribution in [2.45, 2.75) is 68.2 Å². The highest BCUT2D eigenvalue weighted by Gasteiger charge is 2.38. The summed E-state index contributed by atoms with van der Waals surface area (Å²) in [7, 11) is 0. The van der Waals surface area contributed by atoms with Crippen LogP contribution in [0.2, 0.25) is 0 Å². The molecule has 0 rings (SSSR count). The lowest BCUT2D eigenvalue weighted by atomic mass is 9.66. The third-order valence-corrected chi connectivity index (χ3v) is 2.90. The van der Waals surface area contributed by atoms with Gasteiger partial charge in [-0.2, -0.15) is 0 Å². The highest BCUT2D eigenvalue weighted by molar-refractivity contribution is 5.86. The smallest absolute Gasteiger partial charge is 0.141 e. The van der Waals surface area contributed by atoms with Crippen molar-refractivity contribution < 1.29 is 4.79 Å². The predicted molar refractivity (Wildman–Crippen MR) is 71.5 cm³/mol. The lowest BCUT2D eigenvalue weighted by Crippen LogP contribution is -2.36. The molecular weight excluding hydrogens is 196 g/mol. The van der Waals surface area contributed by atoms with E-state index in [0.29, 0.717) is 11.7 Å². The maximum atomic E-state index is 12.4. The first-order valence-electron chi connectivity index (χ1n) is 6.52. The fourth-order valence-corrected chi connectivity index (χ4v) is 3.03. The highest BCUT2D eigenvalue weighted by Crippen LogP contribution is 2.40. The van der Waals surface area contributed by atoms with E-state index >= 15 is 0 Å². The highest BCUT2D eigenvalue weighted by atomic mass is 16.1. The van der Waals surface area contributed by atoms with Crippen molar-refractivity contribution in [3.63, 3.8) is 0 Å². The molecule has 0 aliphatic heterocycles. The molecule has 0 aromatic rings. The van der Waals surface area contributed by atoms with Crippen LogP contribution in [0.25, 0.3) is 0 Å². The Labute approximate surface area is 102 Å². The normalized spacial score (nSPS) is 16.6. The van der Waals surface area contributed by atoms with Gasteiger partial charge >= 0.3 is 0 Å². The molecule has 0 aromatic heterocycles. The number of rotatable bonds is 5. The van der Waals surface area contributed by atoms with Crippen LogP contribution in [-0.2, 0) is 4.79 Å². The number of carbonyl (C=O) groups is 1. The van der Waals surface area contributed by atoms with Crippen molar-refractivity contribution in [2.24, 2.45) is 22.7 Å². The average molecular weight is 226 g/mol. The van der Waals surface area contributed by atoms with Gasteiger partial charge in [0.15, 0.2) is 0 Å². The molecule has 1 heteroatoms. The van der Waals surface area contributed by atoms with E-state index in [2.05, 4.69) is 41.5 Å². The molecule has 16 heavy (non-hydrogen) atoms. The molecule has 0 aliphatic carbocycles. The zero-order valence-electron chi connectivity index (χ0n) is 12.5. The number of hydrogen-bond donors (Lipinski definition) is 0. The average Bonchev–Trinajstić information content (AvgIpc) is 1.96. The van der Waals surface area contributed by atoms with Crippen LogP contribution < -0.4 is 0 Å². The number of carbonyl (C=O) groups excluding carboxylic acids is 1. The Hall–Kier alpha value is -0.330. The lowest BCUT2D eigenvalue weighted by Gasteiger charge is -2.37. The first-order valence-corrected chi connectivity index (χ1v) is 6.52. The topological polar surface area (TPSA) is 17.1 Å². The molecule has 0 N–H and O–H groups in total. The van der Waals surface area contributed by atoms with E-state index in [1.54, 1.807) is 0 Å². The van der Waals surface area contributed by atoms with Crippen molar-refractivity contribution >= 4 is 5.78 Å². The van der Waals surface area contributed by atoms with Gasteiger partial charge in [0, 0.05) is 11.3 Å². The molecule has 1 atom stereocenters. The van der Waals surface area contributed by atoms with Crippen molar-refractivity contribution in [3.05, 3.63) is 0 Å². The van der Waals surface area contributed by atoms with Crippen molar-refractivity contribution in [3.8, 4) is 0 Å². The van der Waals surface area contributed by atoms with Gasteiger partial charge in [-0.3, -0.25) is 4.79 Å². The van der Waals surface area contributed by atoms with E-state index in [1.165, 1.54) is 0 Å². The first-order chi connectivity index (χ1) is 6.98. The second-order valence-electron chi connectivity index (χ2n) is 7.42. The van der Waals surface area contributed by atoms with Crippen LogP contribution in [0.4, 0.5) is 0 Å². The molecule has 0 aromatic carbocycles. The molecule has 0 fully saturated rings. The molecule has 0 radical (unpaired) electrons. The molecule has 0 bridgehead atoms. The standard InChI is InChI=1S/C15H30O/c1-11(2)9-15(8,10-14(5,6)7)13(16)12(3)4/h11-12H,9-10H2,1-8H3. The molecular formula is C15H30O. The minimum atomic E-state index is -0.152. The second kappa shape index (κ2) is 5.33. The van der Waals surface area contributed by atoms with Gasteiger partial charge in [-0.15, -0.1) is 0 Å². The van der Waals surface area contributed by atoms with Gasteiger partial charge in [0.05, 0.1) is 0 Å². The Morgan fingerprint density at radius 1 is 1.00 bits per heavy atom. The summed E-state index contributed by atoms with van der Waals surface area (Å²) in [6.45, 7) is 17.3. The molecule has 0 saturated carbocycles. The number of ketones is 1. The lowest BCUT2D eigenvalue weighted by molar-refractivity contribution is -0.133. The maximum absolute atomic E-state index is 12.4. The van der Waals surface area contributed by atoms with Crippen LogP contribution in [0.5, 0.6) is 0 Å². The van der Waals surface area contributed by atoms with Crippen LogP contribution >= 0.6 is 0 Å². The summed E-state index contributed by atoms with van der Waals surface area (Å²) in [6, 6.07) is 0. The van der Waals surface area contributed by atoms with E-state index in [4.69, 9.17) is 0 Å². The van der Waals surface area contributed by atoms with Crippen LogP contribution in [0.15, 0.2) is 0 Å². The molecule has 96 valence electrons. The van der Waals surface area contributed by atoms with Gasteiger partial charge in [-0.05, 0) is 24.2 Å². The van der Waals surface area contributed by atoms with Gasteiger partial charge in [0.25, 0.3) is 0 Å². The minimum absolute atomic E-state index is 0.145. The molecule has 1 unspecified atom stereocenters. The monoisotopic (exact) mass is 226 g/mol. The molecule has 0 spiro atoms. The molecule has 0 saturated heterocycles. The molecule has 0 aliphatic rings. The van der Waals surface area contributed by atoms with Crippen molar-refractivity contribution in [1.29, 1.82) is 0 Å². The zero-order valence-corrected chi connectivity index (χ0v) is 12.5.